The topological polar surface area (TPSA) is 72.1 Å². The molecule has 20 heavy (non-hydrogen) atoms. The van der Waals surface area contributed by atoms with E-state index in [4.69, 9.17) is 0 Å². The van der Waals surface area contributed by atoms with Crippen molar-refractivity contribution in [3.63, 3.8) is 0 Å². The van der Waals surface area contributed by atoms with Gasteiger partial charge in [-0.05, 0) is 29.6 Å². The first kappa shape index (κ1) is 12.6. The molecule has 0 aliphatic carbocycles. The van der Waals surface area contributed by atoms with Crippen molar-refractivity contribution in [2.45, 2.75) is 0 Å². The van der Waals surface area contributed by atoms with E-state index < -0.39 is 5.97 Å². The predicted octanol–water partition coefficient (Wildman–Crippen LogP) is 2.44. The number of hydrogen-bond acceptors (Lipinski definition) is 5. The van der Waals surface area contributed by atoms with Crippen LogP contribution in [0.2, 0.25) is 0 Å². The van der Waals surface area contributed by atoms with Crippen LogP contribution in [-0.2, 0) is 4.74 Å². The number of aromatic amines is 1. The summed E-state index contributed by atoms with van der Waals surface area (Å²) in [5.41, 5.74) is 0.616. The van der Waals surface area contributed by atoms with Gasteiger partial charge in [-0.25, -0.2) is 9.78 Å². The molecule has 0 radical (unpaired) electrons. The number of carbonyl (C=O) groups is 1. The summed E-state index contributed by atoms with van der Waals surface area (Å²) >= 11 is 1.48. The second-order valence-corrected chi connectivity index (χ2v) is 5.06. The number of fused-ring (bicyclic) bond motifs is 1. The lowest BCUT2D eigenvalue weighted by Crippen LogP contribution is -2.10. The molecule has 1 N–H and O–H groups in total. The van der Waals surface area contributed by atoms with Crippen molar-refractivity contribution in [1.82, 2.24) is 9.97 Å². The fourth-order valence-corrected chi connectivity index (χ4v) is 2.58. The molecule has 0 bridgehead atoms. The minimum Gasteiger partial charge on any atom is -0.465 e. The molecule has 3 aromatic rings. The summed E-state index contributed by atoms with van der Waals surface area (Å²) < 4.78 is 4.67. The zero-order valence-corrected chi connectivity index (χ0v) is 11.4. The highest BCUT2D eigenvalue weighted by molar-refractivity contribution is 7.13. The van der Waals surface area contributed by atoms with Crippen molar-refractivity contribution in [2.24, 2.45) is 0 Å². The standard InChI is InChI=1S/C14H10N2O3S/c1-19-14(18)8-4-5-9-10(7-8)15-12(16-13(9)17)11-3-2-6-20-11/h2-7H,1H3,(H,15,16,17). The number of thiophene rings is 1. The van der Waals surface area contributed by atoms with Crippen LogP contribution < -0.4 is 5.56 Å². The van der Waals surface area contributed by atoms with Crippen molar-refractivity contribution < 1.29 is 9.53 Å². The van der Waals surface area contributed by atoms with Crippen LogP contribution in [0.15, 0.2) is 40.5 Å². The molecule has 100 valence electrons. The maximum atomic E-state index is 12.0. The lowest BCUT2D eigenvalue weighted by atomic mass is 10.1. The Bertz CT molecular complexity index is 837. The Morgan fingerprint density at radius 3 is 2.90 bits per heavy atom. The Hall–Kier alpha value is -2.47. The smallest absolute Gasteiger partial charge is 0.337 e. The molecule has 1 aromatic carbocycles. The van der Waals surface area contributed by atoms with Gasteiger partial charge in [0.1, 0.15) is 0 Å². The molecule has 0 unspecified atom stereocenters. The van der Waals surface area contributed by atoms with Crippen LogP contribution in [0.3, 0.4) is 0 Å². The van der Waals surface area contributed by atoms with Gasteiger partial charge in [-0.15, -0.1) is 11.3 Å². The number of carbonyl (C=O) groups excluding carboxylic acids is 1. The number of aromatic nitrogens is 2. The first-order valence-electron chi connectivity index (χ1n) is 5.85. The highest BCUT2D eigenvalue weighted by Gasteiger charge is 2.10. The minimum absolute atomic E-state index is 0.227. The maximum absolute atomic E-state index is 12.0. The second-order valence-electron chi connectivity index (χ2n) is 4.12. The Labute approximate surface area is 117 Å². The van der Waals surface area contributed by atoms with E-state index in [1.807, 2.05) is 17.5 Å². The summed E-state index contributed by atoms with van der Waals surface area (Å²) in [6, 6.07) is 8.45. The highest BCUT2D eigenvalue weighted by atomic mass is 32.1. The molecule has 0 aliphatic rings. The van der Waals surface area contributed by atoms with E-state index in [1.54, 1.807) is 18.2 Å². The largest absolute Gasteiger partial charge is 0.465 e. The van der Waals surface area contributed by atoms with Crippen LogP contribution in [0.5, 0.6) is 0 Å². The summed E-state index contributed by atoms with van der Waals surface area (Å²) in [4.78, 5) is 31.6. The monoisotopic (exact) mass is 286 g/mol. The van der Waals surface area contributed by atoms with E-state index in [9.17, 15) is 9.59 Å². The van der Waals surface area contributed by atoms with E-state index in [0.29, 0.717) is 22.3 Å². The SMILES string of the molecule is COC(=O)c1ccc2c(=O)[nH]c(-c3cccs3)nc2c1. The van der Waals surface area contributed by atoms with Crippen molar-refractivity contribution >= 4 is 28.2 Å². The third-order valence-electron chi connectivity index (χ3n) is 2.88. The van der Waals surface area contributed by atoms with Crippen LogP contribution in [0.1, 0.15) is 10.4 Å². The first-order valence-corrected chi connectivity index (χ1v) is 6.73. The summed E-state index contributed by atoms with van der Waals surface area (Å²) in [6.45, 7) is 0. The van der Waals surface area contributed by atoms with E-state index in [1.165, 1.54) is 18.4 Å². The number of esters is 1. The third-order valence-corrected chi connectivity index (χ3v) is 3.76. The average molecular weight is 286 g/mol. The van der Waals surface area contributed by atoms with Crippen molar-refractivity contribution in [1.29, 1.82) is 0 Å². The fourth-order valence-electron chi connectivity index (χ4n) is 1.91. The van der Waals surface area contributed by atoms with Gasteiger partial charge in [0.25, 0.3) is 5.56 Å². The number of nitrogens with zero attached hydrogens (tertiary/aromatic N) is 1. The quantitative estimate of drug-likeness (QED) is 0.734. The lowest BCUT2D eigenvalue weighted by Gasteiger charge is -2.03. The molecular formula is C14H10N2O3S. The molecular weight excluding hydrogens is 276 g/mol. The van der Waals surface area contributed by atoms with E-state index in [0.717, 1.165) is 4.88 Å². The first-order chi connectivity index (χ1) is 9.69. The Morgan fingerprint density at radius 1 is 1.35 bits per heavy atom. The fraction of sp³-hybridized carbons (Fsp3) is 0.0714. The zero-order valence-electron chi connectivity index (χ0n) is 10.5. The van der Waals surface area contributed by atoms with Crippen molar-refractivity contribution in [3.05, 3.63) is 51.6 Å². The second kappa shape index (κ2) is 4.90. The molecule has 0 spiro atoms. The Balaban J connectivity index is 2.23. The molecule has 2 aromatic heterocycles. The number of rotatable bonds is 2. The lowest BCUT2D eigenvalue weighted by molar-refractivity contribution is 0.0601. The summed E-state index contributed by atoms with van der Waals surface area (Å²) in [5.74, 6) is 0.0474. The molecule has 0 atom stereocenters. The number of ether oxygens (including phenoxy) is 1. The van der Waals surface area contributed by atoms with Crippen LogP contribution in [0, 0.1) is 0 Å². The van der Waals surface area contributed by atoms with Crippen molar-refractivity contribution in [3.8, 4) is 10.7 Å². The van der Waals surface area contributed by atoms with Gasteiger partial charge < -0.3 is 9.72 Å². The maximum Gasteiger partial charge on any atom is 0.337 e. The minimum atomic E-state index is -0.452. The number of H-pyrrole nitrogens is 1. The van der Waals surface area contributed by atoms with Crippen LogP contribution in [0.25, 0.3) is 21.6 Å². The number of methoxy groups -OCH3 is 1. The zero-order chi connectivity index (χ0) is 14.1. The third kappa shape index (κ3) is 2.10. The average Bonchev–Trinajstić information content (AvgIpc) is 3.00. The molecule has 5 nitrogen and oxygen atoms in total. The van der Waals surface area contributed by atoms with Crippen molar-refractivity contribution in [2.75, 3.05) is 7.11 Å². The molecule has 3 rings (SSSR count). The highest BCUT2D eigenvalue weighted by Crippen LogP contribution is 2.21. The van der Waals surface area contributed by atoms with Crippen LogP contribution in [0.4, 0.5) is 0 Å². The summed E-state index contributed by atoms with van der Waals surface area (Å²) in [7, 11) is 1.31. The normalized spacial score (nSPS) is 10.7. The van der Waals surface area contributed by atoms with Gasteiger partial charge in [-0.2, -0.15) is 0 Å². The van der Waals surface area contributed by atoms with Gasteiger partial charge >= 0.3 is 5.97 Å². The van der Waals surface area contributed by atoms with E-state index >= 15 is 0 Å². The molecule has 2 heterocycles. The molecule has 0 saturated heterocycles. The van der Waals surface area contributed by atoms with E-state index in [2.05, 4.69) is 14.7 Å². The van der Waals surface area contributed by atoms with Crippen LogP contribution in [-0.4, -0.2) is 23.0 Å². The molecule has 0 aliphatic heterocycles. The van der Waals surface area contributed by atoms with Gasteiger partial charge in [0, 0.05) is 0 Å². The number of nitrogens with one attached hydrogen (secondary N) is 1. The number of benzene rings is 1. The van der Waals surface area contributed by atoms with Gasteiger partial charge in [0.15, 0.2) is 5.82 Å². The summed E-state index contributed by atoms with van der Waals surface area (Å²) in [5, 5.41) is 2.35. The van der Waals surface area contributed by atoms with Gasteiger partial charge in [-0.1, -0.05) is 6.07 Å². The Morgan fingerprint density at radius 2 is 2.20 bits per heavy atom. The van der Waals surface area contributed by atoms with Gasteiger partial charge in [0.2, 0.25) is 0 Å². The molecule has 0 fully saturated rings. The molecule has 0 amide bonds. The predicted molar refractivity (Wildman–Crippen MR) is 77.0 cm³/mol. The molecule has 6 heteroatoms. The molecule has 0 saturated carbocycles. The van der Waals surface area contributed by atoms with Gasteiger partial charge in [0.05, 0.1) is 28.5 Å². The van der Waals surface area contributed by atoms with Gasteiger partial charge in [-0.3, -0.25) is 4.79 Å². The van der Waals surface area contributed by atoms with E-state index in [-0.39, 0.29) is 5.56 Å². The Kier molecular flexibility index (Phi) is 3.08. The summed E-state index contributed by atoms with van der Waals surface area (Å²) in [6.07, 6.45) is 0. The number of hydrogen-bond donors (Lipinski definition) is 1. The van der Waals surface area contributed by atoms with Crippen LogP contribution >= 0.6 is 11.3 Å².